The summed E-state index contributed by atoms with van der Waals surface area (Å²) in [6.45, 7) is 1.83. The highest BCUT2D eigenvalue weighted by molar-refractivity contribution is 5.06. The van der Waals surface area contributed by atoms with Crippen LogP contribution < -0.4 is 0 Å². The highest BCUT2D eigenvalue weighted by atomic mass is 16.6. The predicted octanol–water partition coefficient (Wildman–Crippen LogP) is 0.629. The van der Waals surface area contributed by atoms with Crippen LogP contribution in [0.1, 0.15) is 0 Å². The summed E-state index contributed by atoms with van der Waals surface area (Å²) in [5.74, 6) is -0.450. The van der Waals surface area contributed by atoms with E-state index >= 15 is 0 Å². The third-order valence-corrected chi connectivity index (χ3v) is 3.04. The lowest BCUT2D eigenvalue weighted by atomic mass is 10.6. The van der Waals surface area contributed by atoms with E-state index in [1.54, 1.807) is 0 Å². The zero-order valence-corrected chi connectivity index (χ0v) is 12.7. The Hall–Kier alpha value is -2.86. The fraction of sp³-hybridized carbons (Fsp3) is 0.500. The summed E-state index contributed by atoms with van der Waals surface area (Å²) in [5, 5.41) is 21.3. The van der Waals surface area contributed by atoms with Crippen LogP contribution in [0.5, 0.6) is 0 Å². The van der Waals surface area contributed by atoms with E-state index in [1.165, 1.54) is 33.9 Å². The van der Waals surface area contributed by atoms with Crippen molar-refractivity contribution in [3.05, 3.63) is 45.0 Å². The molecule has 2 heterocycles. The zero-order chi connectivity index (χ0) is 17.4. The van der Waals surface area contributed by atoms with Crippen molar-refractivity contribution in [1.29, 1.82) is 0 Å². The zero-order valence-electron chi connectivity index (χ0n) is 12.7. The molecular weight excluding hydrogens is 324 g/mol. The number of nitro groups is 2. The predicted molar refractivity (Wildman–Crippen MR) is 79.4 cm³/mol. The Balaban J connectivity index is 1.56. The van der Waals surface area contributed by atoms with Gasteiger partial charge in [-0.25, -0.2) is 9.13 Å². The molecule has 2 aromatic heterocycles. The van der Waals surface area contributed by atoms with Gasteiger partial charge in [0, 0.05) is 0 Å². The first-order valence-corrected chi connectivity index (χ1v) is 7.06. The summed E-state index contributed by atoms with van der Waals surface area (Å²) < 4.78 is 13.4. The van der Waals surface area contributed by atoms with Crippen molar-refractivity contribution in [3.63, 3.8) is 0 Å². The normalized spacial score (nSPS) is 10.8. The minimum Gasteiger partial charge on any atom is -0.390 e. The van der Waals surface area contributed by atoms with Gasteiger partial charge < -0.3 is 29.7 Å². The minimum atomic E-state index is -0.557. The van der Waals surface area contributed by atoms with Crippen LogP contribution in [0, 0.1) is 20.2 Å². The van der Waals surface area contributed by atoms with Gasteiger partial charge in [-0.2, -0.15) is 0 Å². The third-order valence-electron chi connectivity index (χ3n) is 3.04. The van der Waals surface area contributed by atoms with Gasteiger partial charge in [-0.05, 0) is 9.85 Å². The molecule has 0 aliphatic rings. The topological polar surface area (TPSA) is 140 Å². The van der Waals surface area contributed by atoms with Gasteiger partial charge >= 0.3 is 11.9 Å². The average Bonchev–Trinajstić information content (AvgIpc) is 3.18. The number of hydrogen-bond acceptors (Lipinski definition) is 8. The summed E-state index contributed by atoms with van der Waals surface area (Å²) in [6, 6.07) is 0. The van der Waals surface area contributed by atoms with Crippen molar-refractivity contribution in [2.24, 2.45) is 0 Å². The SMILES string of the molecule is O=[N+]([O-])c1nccn1CCOCCOCCn1ccnc1[N+](=O)[O-]. The Labute approximate surface area is 135 Å². The van der Waals surface area contributed by atoms with E-state index in [0.717, 1.165) is 0 Å². The number of imidazole rings is 2. The van der Waals surface area contributed by atoms with Gasteiger partial charge in [0.1, 0.15) is 24.8 Å². The van der Waals surface area contributed by atoms with E-state index in [1.807, 2.05) is 0 Å². The van der Waals surface area contributed by atoms with Gasteiger partial charge in [0.25, 0.3) is 0 Å². The van der Waals surface area contributed by atoms with Crippen molar-refractivity contribution >= 4 is 11.9 Å². The van der Waals surface area contributed by atoms with Crippen LogP contribution in [0.15, 0.2) is 24.8 Å². The van der Waals surface area contributed by atoms with E-state index in [2.05, 4.69) is 9.97 Å². The lowest BCUT2D eigenvalue weighted by Crippen LogP contribution is -2.13. The number of aromatic nitrogens is 4. The van der Waals surface area contributed by atoms with E-state index in [0.29, 0.717) is 26.3 Å². The maximum absolute atomic E-state index is 10.7. The second kappa shape index (κ2) is 8.69. The van der Waals surface area contributed by atoms with Crippen LogP contribution in [0.3, 0.4) is 0 Å². The molecule has 0 unspecified atom stereocenters. The van der Waals surface area contributed by atoms with Crippen LogP contribution >= 0.6 is 0 Å². The van der Waals surface area contributed by atoms with Crippen LogP contribution in [-0.2, 0) is 22.6 Å². The summed E-state index contributed by atoms with van der Waals surface area (Å²) in [4.78, 5) is 27.5. The van der Waals surface area contributed by atoms with Crippen LogP contribution in [-0.4, -0.2) is 55.4 Å². The molecule has 0 amide bonds. The van der Waals surface area contributed by atoms with Crippen molar-refractivity contribution in [2.75, 3.05) is 26.4 Å². The summed E-state index contributed by atoms with van der Waals surface area (Å²) in [6.07, 6.45) is 5.74. The molecule has 12 nitrogen and oxygen atoms in total. The van der Waals surface area contributed by atoms with Crippen molar-refractivity contribution in [2.45, 2.75) is 13.1 Å². The molecule has 0 saturated heterocycles. The highest BCUT2D eigenvalue weighted by Crippen LogP contribution is 2.07. The van der Waals surface area contributed by atoms with Crippen molar-refractivity contribution in [3.8, 4) is 0 Å². The Kier molecular flexibility index (Phi) is 6.33. The van der Waals surface area contributed by atoms with Crippen LogP contribution in [0.4, 0.5) is 11.9 Å². The lowest BCUT2D eigenvalue weighted by molar-refractivity contribution is -0.397. The van der Waals surface area contributed by atoms with Crippen LogP contribution in [0.2, 0.25) is 0 Å². The molecular formula is C12H16N6O6. The first kappa shape index (κ1) is 17.5. The quantitative estimate of drug-likeness (QED) is 0.329. The first-order chi connectivity index (χ1) is 11.6. The van der Waals surface area contributed by atoms with Gasteiger partial charge in [-0.15, -0.1) is 0 Å². The molecule has 0 aliphatic carbocycles. The Bertz CT molecular complexity index is 625. The Morgan fingerprint density at radius 2 is 1.25 bits per heavy atom. The van der Waals surface area contributed by atoms with E-state index in [4.69, 9.17) is 9.47 Å². The van der Waals surface area contributed by atoms with Gasteiger partial charge in [-0.3, -0.25) is 0 Å². The summed E-state index contributed by atoms with van der Waals surface area (Å²) in [7, 11) is 0. The number of rotatable bonds is 11. The van der Waals surface area contributed by atoms with Gasteiger partial charge in [0.05, 0.1) is 39.5 Å². The standard InChI is InChI=1S/C12H16N6O6/c19-17(20)11-13-1-3-15(11)5-7-23-9-10-24-8-6-16-4-2-14-12(16)18(21)22/h1-4H,5-10H2. The number of ether oxygens (including phenoxy) is 2. The number of hydrogen-bond donors (Lipinski definition) is 0. The fourth-order valence-corrected chi connectivity index (χ4v) is 1.94. The molecule has 12 heteroatoms. The largest absolute Gasteiger partial charge is 0.434 e. The second-order valence-corrected chi connectivity index (χ2v) is 4.58. The second-order valence-electron chi connectivity index (χ2n) is 4.58. The molecule has 0 aliphatic heterocycles. The summed E-state index contributed by atoms with van der Waals surface area (Å²) >= 11 is 0. The molecule has 0 saturated carbocycles. The Morgan fingerprint density at radius 3 is 1.62 bits per heavy atom. The van der Waals surface area contributed by atoms with Gasteiger partial charge in [0.2, 0.25) is 0 Å². The lowest BCUT2D eigenvalue weighted by Gasteiger charge is -2.06. The minimum absolute atomic E-state index is 0.225. The first-order valence-electron chi connectivity index (χ1n) is 7.06. The molecule has 24 heavy (non-hydrogen) atoms. The third kappa shape index (κ3) is 4.82. The molecule has 0 spiro atoms. The van der Waals surface area contributed by atoms with Gasteiger partial charge in [0.15, 0.2) is 0 Å². The highest BCUT2D eigenvalue weighted by Gasteiger charge is 2.14. The van der Waals surface area contributed by atoms with Gasteiger partial charge in [-0.1, -0.05) is 9.97 Å². The molecule has 0 radical (unpaired) electrons. The molecule has 0 atom stereocenters. The fourth-order valence-electron chi connectivity index (χ4n) is 1.94. The molecule has 2 aromatic rings. The van der Waals surface area contributed by atoms with E-state index in [-0.39, 0.29) is 25.1 Å². The van der Waals surface area contributed by atoms with Crippen molar-refractivity contribution < 1.29 is 19.3 Å². The van der Waals surface area contributed by atoms with E-state index < -0.39 is 9.85 Å². The molecule has 0 fully saturated rings. The monoisotopic (exact) mass is 340 g/mol. The smallest absolute Gasteiger partial charge is 0.390 e. The molecule has 2 rings (SSSR count). The van der Waals surface area contributed by atoms with E-state index in [9.17, 15) is 20.2 Å². The molecule has 0 N–H and O–H groups in total. The number of nitrogens with zero attached hydrogens (tertiary/aromatic N) is 6. The Morgan fingerprint density at radius 1 is 0.833 bits per heavy atom. The van der Waals surface area contributed by atoms with Crippen molar-refractivity contribution in [1.82, 2.24) is 19.1 Å². The maximum Gasteiger partial charge on any atom is 0.434 e. The maximum atomic E-state index is 10.7. The molecule has 0 bridgehead atoms. The van der Waals surface area contributed by atoms with Crippen LogP contribution in [0.25, 0.3) is 0 Å². The summed E-state index contributed by atoms with van der Waals surface area (Å²) in [5.41, 5.74) is 0. The average molecular weight is 340 g/mol. The molecule has 0 aromatic carbocycles. The molecule has 130 valence electrons.